The first-order valence-electron chi connectivity index (χ1n) is 6.05. The van der Waals surface area contributed by atoms with Crippen LogP contribution in [0.25, 0.3) is 0 Å². The van der Waals surface area contributed by atoms with Crippen molar-refractivity contribution in [1.82, 2.24) is 4.31 Å². The number of halogens is 1. The van der Waals surface area contributed by atoms with E-state index in [-0.39, 0.29) is 30.0 Å². The number of hydrogen-bond donors (Lipinski definition) is 2. The quantitative estimate of drug-likeness (QED) is 0.799. The van der Waals surface area contributed by atoms with Gasteiger partial charge in [-0.05, 0) is 24.6 Å². The Balaban J connectivity index is 2.37. The van der Waals surface area contributed by atoms with Gasteiger partial charge in [0.25, 0.3) is 0 Å². The Morgan fingerprint density at radius 2 is 2.00 bits per heavy atom. The average Bonchev–Trinajstić information content (AvgIpc) is 2.88. The maximum atomic E-state index is 12.5. The fourth-order valence-corrected chi connectivity index (χ4v) is 4.37. The second-order valence-corrected chi connectivity index (χ2v) is 7.58. The van der Waals surface area contributed by atoms with Crippen LogP contribution in [-0.2, 0) is 14.8 Å². The number of nitrogens with zero attached hydrogens (tertiary/aromatic N) is 1. The molecule has 0 radical (unpaired) electrons. The SMILES string of the molecule is NC(=O)c1cc(Br)cc(S(=O)(=O)N2CCC(C(=O)O)C2)c1. The van der Waals surface area contributed by atoms with E-state index in [2.05, 4.69) is 15.9 Å². The minimum absolute atomic E-state index is 0.0666. The molecule has 1 aromatic rings. The molecule has 1 aromatic carbocycles. The standard InChI is InChI=1S/C12H13BrN2O5S/c13-9-3-8(11(14)16)4-10(5-9)21(19,20)15-2-1-7(6-15)12(17)18/h3-5,7H,1-2,6H2,(H2,14,16)(H,17,18). The zero-order chi connectivity index (χ0) is 15.8. The number of nitrogens with two attached hydrogens (primary N) is 1. The summed E-state index contributed by atoms with van der Waals surface area (Å²) < 4.78 is 26.5. The Morgan fingerprint density at radius 1 is 1.33 bits per heavy atom. The molecule has 0 spiro atoms. The van der Waals surface area contributed by atoms with Crippen molar-refractivity contribution in [3.8, 4) is 0 Å². The molecule has 1 saturated heterocycles. The second-order valence-electron chi connectivity index (χ2n) is 4.73. The number of primary amides is 1. The highest BCUT2D eigenvalue weighted by Crippen LogP contribution is 2.27. The molecule has 1 aliphatic heterocycles. The van der Waals surface area contributed by atoms with E-state index in [4.69, 9.17) is 10.8 Å². The van der Waals surface area contributed by atoms with E-state index in [0.29, 0.717) is 4.47 Å². The number of rotatable bonds is 4. The summed E-state index contributed by atoms with van der Waals surface area (Å²) >= 11 is 3.13. The molecule has 0 saturated carbocycles. The maximum Gasteiger partial charge on any atom is 0.307 e. The van der Waals surface area contributed by atoms with Gasteiger partial charge in [0.2, 0.25) is 15.9 Å². The number of carboxylic acid groups (broad SMARTS) is 1. The Hall–Kier alpha value is -1.45. The number of amides is 1. The predicted octanol–water partition coefficient (Wildman–Crippen LogP) is 0.643. The van der Waals surface area contributed by atoms with Crippen LogP contribution in [0.5, 0.6) is 0 Å². The highest BCUT2D eigenvalue weighted by Gasteiger charge is 2.36. The molecule has 1 amide bonds. The van der Waals surface area contributed by atoms with Crippen LogP contribution in [0.3, 0.4) is 0 Å². The summed E-state index contributed by atoms with van der Waals surface area (Å²) in [5.41, 5.74) is 5.23. The van der Waals surface area contributed by atoms with Gasteiger partial charge >= 0.3 is 5.97 Å². The lowest BCUT2D eigenvalue weighted by atomic mass is 10.1. The van der Waals surface area contributed by atoms with Crippen LogP contribution >= 0.6 is 15.9 Å². The number of benzene rings is 1. The fraction of sp³-hybridized carbons (Fsp3) is 0.333. The molecule has 21 heavy (non-hydrogen) atoms. The van der Waals surface area contributed by atoms with E-state index < -0.39 is 27.8 Å². The van der Waals surface area contributed by atoms with E-state index in [1.165, 1.54) is 18.2 Å². The summed E-state index contributed by atoms with van der Waals surface area (Å²) in [7, 11) is -3.85. The molecular weight excluding hydrogens is 364 g/mol. The Labute approximate surface area is 129 Å². The molecule has 0 bridgehead atoms. The van der Waals surface area contributed by atoms with Crippen LogP contribution in [0.2, 0.25) is 0 Å². The monoisotopic (exact) mass is 376 g/mol. The second kappa shape index (κ2) is 5.74. The zero-order valence-electron chi connectivity index (χ0n) is 10.8. The van der Waals surface area contributed by atoms with Crippen molar-refractivity contribution in [2.24, 2.45) is 11.7 Å². The summed E-state index contributed by atoms with van der Waals surface area (Å²) in [6.45, 7) is 0.0633. The van der Waals surface area contributed by atoms with Crippen LogP contribution in [-0.4, -0.2) is 42.8 Å². The minimum Gasteiger partial charge on any atom is -0.481 e. The number of hydrogen-bond acceptors (Lipinski definition) is 4. The van der Waals surface area contributed by atoms with Gasteiger partial charge in [0.1, 0.15) is 0 Å². The maximum absolute atomic E-state index is 12.5. The van der Waals surface area contributed by atoms with Gasteiger partial charge in [0.05, 0.1) is 10.8 Å². The number of aliphatic carboxylic acids is 1. The lowest BCUT2D eigenvalue weighted by Crippen LogP contribution is -2.30. The molecule has 3 N–H and O–H groups in total. The Morgan fingerprint density at radius 3 is 2.52 bits per heavy atom. The fourth-order valence-electron chi connectivity index (χ4n) is 2.15. The van der Waals surface area contributed by atoms with Gasteiger partial charge in [-0.1, -0.05) is 15.9 Å². The number of sulfonamides is 1. The molecule has 9 heteroatoms. The predicted molar refractivity (Wildman–Crippen MR) is 77.2 cm³/mol. The van der Waals surface area contributed by atoms with Gasteiger partial charge < -0.3 is 10.8 Å². The van der Waals surface area contributed by atoms with E-state index in [9.17, 15) is 18.0 Å². The largest absolute Gasteiger partial charge is 0.481 e. The first-order chi connectivity index (χ1) is 9.71. The van der Waals surface area contributed by atoms with E-state index in [1.54, 1.807) is 0 Å². The Bertz CT molecular complexity index is 704. The van der Waals surface area contributed by atoms with Crippen LogP contribution in [0.1, 0.15) is 16.8 Å². The number of carbonyl (C=O) groups excluding carboxylic acids is 1. The zero-order valence-corrected chi connectivity index (χ0v) is 13.2. The normalized spacial score (nSPS) is 19.6. The highest BCUT2D eigenvalue weighted by molar-refractivity contribution is 9.10. The molecule has 1 unspecified atom stereocenters. The van der Waals surface area contributed by atoms with Gasteiger partial charge in [0.15, 0.2) is 0 Å². The molecule has 0 aromatic heterocycles. The third kappa shape index (κ3) is 3.25. The lowest BCUT2D eigenvalue weighted by Gasteiger charge is -2.16. The smallest absolute Gasteiger partial charge is 0.307 e. The molecule has 1 aliphatic rings. The first kappa shape index (κ1) is 15.9. The molecule has 1 heterocycles. The van der Waals surface area contributed by atoms with Crippen LogP contribution in [0.15, 0.2) is 27.6 Å². The van der Waals surface area contributed by atoms with Crippen molar-refractivity contribution >= 4 is 37.8 Å². The lowest BCUT2D eigenvalue weighted by molar-refractivity contribution is -0.141. The Kier molecular flexibility index (Phi) is 4.35. The van der Waals surface area contributed by atoms with Gasteiger partial charge in [0, 0.05) is 23.1 Å². The van der Waals surface area contributed by atoms with Crippen molar-refractivity contribution in [2.45, 2.75) is 11.3 Å². The summed E-state index contributed by atoms with van der Waals surface area (Å²) in [5.74, 6) is -2.46. The molecule has 0 aliphatic carbocycles. The van der Waals surface area contributed by atoms with Gasteiger partial charge in [-0.3, -0.25) is 9.59 Å². The number of carboxylic acids is 1. The van der Waals surface area contributed by atoms with Crippen molar-refractivity contribution < 1.29 is 23.1 Å². The molecule has 7 nitrogen and oxygen atoms in total. The van der Waals surface area contributed by atoms with Crippen molar-refractivity contribution in [3.63, 3.8) is 0 Å². The average molecular weight is 377 g/mol. The topological polar surface area (TPSA) is 118 Å². The summed E-state index contributed by atoms with van der Waals surface area (Å²) in [5, 5.41) is 8.94. The molecule has 2 rings (SSSR count). The van der Waals surface area contributed by atoms with Crippen molar-refractivity contribution in [2.75, 3.05) is 13.1 Å². The third-order valence-electron chi connectivity index (χ3n) is 3.29. The molecule has 114 valence electrons. The van der Waals surface area contributed by atoms with Crippen LogP contribution in [0.4, 0.5) is 0 Å². The first-order valence-corrected chi connectivity index (χ1v) is 8.28. The highest BCUT2D eigenvalue weighted by atomic mass is 79.9. The van der Waals surface area contributed by atoms with Gasteiger partial charge in [-0.25, -0.2) is 8.42 Å². The molecular formula is C12H13BrN2O5S. The van der Waals surface area contributed by atoms with Gasteiger partial charge in [-0.15, -0.1) is 0 Å². The van der Waals surface area contributed by atoms with Crippen LogP contribution < -0.4 is 5.73 Å². The summed E-state index contributed by atoms with van der Waals surface area (Å²) in [4.78, 5) is 22.0. The van der Waals surface area contributed by atoms with E-state index in [1.807, 2.05) is 0 Å². The van der Waals surface area contributed by atoms with E-state index >= 15 is 0 Å². The van der Waals surface area contributed by atoms with Gasteiger partial charge in [-0.2, -0.15) is 4.31 Å². The molecule has 1 atom stereocenters. The number of carbonyl (C=O) groups is 2. The van der Waals surface area contributed by atoms with Crippen molar-refractivity contribution in [1.29, 1.82) is 0 Å². The third-order valence-corrected chi connectivity index (χ3v) is 5.59. The van der Waals surface area contributed by atoms with Crippen LogP contribution in [0, 0.1) is 5.92 Å². The summed E-state index contributed by atoms with van der Waals surface area (Å²) in [6.07, 6.45) is 0.269. The minimum atomic E-state index is -3.85. The van der Waals surface area contributed by atoms with Crippen molar-refractivity contribution in [3.05, 3.63) is 28.2 Å². The summed E-state index contributed by atoms with van der Waals surface area (Å²) in [6, 6.07) is 3.97. The molecule has 1 fully saturated rings. The van der Waals surface area contributed by atoms with E-state index in [0.717, 1.165) is 4.31 Å².